The first-order chi connectivity index (χ1) is 7.64. The van der Waals surface area contributed by atoms with Crippen molar-refractivity contribution in [2.24, 2.45) is 5.41 Å². The zero-order chi connectivity index (χ0) is 12.0. The lowest BCUT2D eigenvalue weighted by atomic mass is 9.69. The Morgan fingerprint density at radius 3 is 2.94 bits per heavy atom. The van der Waals surface area contributed by atoms with Crippen LogP contribution in [0.4, 0.5) is 0 Å². The van der Waals surface area contributed by atoms with Gasteiger partial charge in [0, 0.05) is 6.42 Å². The summed E-state index contributed by atoms with van der Waals surface area (Å²) in [4.78, 5) is 11.0. The number of carbonyl (C=O) groups is 1. The number of nitrogens with zero attached hydrogens (tertiary/aromatic N) is 1. The summed E-state index contributed by atoms with van der Waals surface area (Å²) in [5.41, 5.74) is 0.602. The zero-order valence-electron chi connectivity index (χ0n) is 10.1. The predicted molar refractivity (Wildman–Crippen MR) is 61.5 cm³/mol. The number of allylic oxidation sites excluding steroid dienone is 1. The van der Waals surface area contributed by atoms with Crippen LogP contribution in [0.1, 0.15) is 45.4 Å². The van der Waals surface area contributed by atoms with Crippen molar-refractivity contribution in [1.29, 1.82) is 5.26 Å². The third-order valence-corrected chi connectivity index (χ3v) is 3.29. The van der Waals surface area contributed by atoms with E-state index in [9.17, 15) is 10.1 Å². The van der Waals surface area contributed by atoms with E-state index in [1.807, 2.05) is 0 Å². The van der Waals surface area contributed by atoms with E-state index < -0.39 is 5.41 Å². The molecule has 0 aromatic heterocycles. The molecule has 0 aromatic rings. The van der Waals surface area contributed by atoms with Gasteiger partial charge in [0.15, 0.2) is 0 Å². The lowest BCUT2D eigenvalue weighted by Crippen LogP contribution is -2.26. The Labute approximate surface area is 97.1 Å². The second-order valence-corrected chi connectivity index (χ2v) is 4.48. The van der Waals surface area contributed by atoms with Crippen LogP contribution in [-0.2, 0) is 9.53 Å². The van der Waals surface area contributed by atoms with Crippen LogP contribution in [0.5, 0.6) is 0 Å². The fourth-order valence-corrected chi connectivity index (χ4v) is 2.31. The summed E-state index contributed by atoms with van der Waals surface area (Å²) >= 11 is 0. The fraction of sp³-hybridized carbons (Fsp3) is 0.692. The second kappa shape index (κ2) is 5.69. The number of ketones is 1. The second-order valence-electron chi connectivity index (χ2n) is 4.48. The SMILES string of the molecule is CO/C=C1\CCCC[C@]1(C#N)CCC(C)=O. The average Bonchev–Trinajstić information content (AvgIpc) is 2.28. The first-order valence-electron chi connectivity index (χ1n) is 5.77. The topological polar surface area (TPSA) is 50.1 Å². The molecule has 0 aromatic carbocycles. The molecule has 88 valence electrons. The summed E-state index contributed by atoms with van der Waals surface area (Å²) in [7, 11) is 1.61. The van der Waals surface area contributed by atoms with Gasteiger partial charge in [0.25, 0.3) is 0 Å². The van der Waals surface area contributed by atoms with E-state index in [1.54, 1.807) is 20.3 Å². The van der Waals surface area contributed by atoms with Gasteiger partial charge >= 0.3 is 0 Å². The number of rotatable bonds is 4. The highest BCUT2D eigenvalue weighted by molar-refractivity contribution is 5.75. The number of methoxy groups -OCH3 is 1. The third-order valence-electron chi connectivity index (χ3n) is 3.29. The van der Waals surface area contributed by atoms with E-state index in [0.29, 0.717) is 12.8 Å². The van der Waals surface area contributed by atoms with Gasteiger partial charge in [-0.25, -0.2) is 0 Å². The molecule has 0 bridgehead atoms. The largest absolute Gasteiger partial charge is 0.504 e. The Morgan fingerprint density at radius 1 is 1.62 bits per heavy atom. The van der Waals surface area contributed by atoms with Gasteiger partial charge in [-0.15, -0.1) is 0 Å². The summed E-state index contributed by atoms with van der Waals surface area (Å²) in [5.74, 6) is 0.150. The first-order valence-corrected chi connectivity index (χ1v) is 5.77. The van der Waals surface area contributed by atoms with E-state index in [2.05, 4.69) is 6.07 Å². The quantitative estimate of drug-likeness (QED) is 0.686. The van der Waals surface area contributed by atoms with Crippen molar-refractivity contribution < 1.29 is 9.53 Å². The summed E-state index contributed by atoms with van der Waals surface area (Å²) in [6.45, 7) is 1.58. The number of nitriles is 1. The van der Waals surface area contributed by atoms with E-state index >= 15 is 0 Å². The van der Waals surface area contributed by atoms with E-state index in [4.69, 9.17) is 4.74 Å². The van der Waals surface area contributed by atoms with Gasteiger partial charge in [-0.2, -0.15) is 5.26 Å². The van der Waals surface area contributed by atoms with Crippen LogP contribution in [0.2, 0.25) is 0 Å². The van der Waals surface area contributed by atoms with Crippen molar-refractivity contribution in [3.8, 4) is 6.07 Å². The van der Waals surface area contributed by atoms with Crippen molar-refractivity contribution >= 4 is 5.78 Å². The highest BCUT2D eigenvalue weighted by Gasteiger charge is 2.36. The van der Waals surface area contributed by atoms with Gasteiger partial charge in [0.1, 0.15) is 5.78 Å². The van der Waals surface area contributed by atoms with Crippen molar-refractivity contribution in [2.75, 3.05) is 7.11 Å². The average molecular weight is 221 g/mol. The third kappa shape index (κ3) is 2.85. The molecule has 0 unspecified atom stereocenters. The van der Waals surface area contributed by atoms with Crippen LogP contribution >= 0.6 is 0 Å². The van der Waals surface area contributed by atoms with E-state index in [-0.39, 0.29) is 5.78 Å². The van der Waals surface area contributed by atoms with Crippen LogP contribution in [0.25, 0.3) is 0 Å². The molecular weight excluding hydrogens is 202 g/mol. The van der Waals surface area contributed by atoms with Crippen molar-refractivity contribution in [2.45, 2.75) is 45.4 Å². The molecule has 1 aliphatic rings. The number of ether oxygens (including phenoxy) is 1. The molecule has 0 aliphatic heterocycles. The van der Waals surface area contributed by atoms with Gasteiger partial charge in [-0.3, -0.25) is 0 Å². The maximum absolute atomic E-state index is 11.0. The minimum atomic E-state index is -0.458. The standard InChI is InChI=1S/C13H19NO2/c1-11(15)6-8-13(10-14)7-4-3-5-12(13)9-16-2/h9H,3-8H2,1-2H3/b12-9+/t13-/m1/s1. The predicted octanol–water partition coefficient (Wildman–Crippen LogP) is 2.97. The number of hydrogen-bond acceptors (Lipinski definition) is 3. The molecular formula is C13H19NO2. The Morgan fingerprint density at radius 2 is 2.38 bits per heavy atom. The van der Waals surface area contributed by atoms with Crippen LogP contribution in [0, 0.1) is 16.7 Å². The minimum Gasteiger partial charge on any atom is -0.504 e. The van der Waals surface area contributed by atoms with Crippen molar-refractivity contribution in [3.63, 3.8) is 0 Å². The van der Waals surface area contributed by atoms with Crippen LogP contribution in [-0.4, -0.2) is 12.9 Å². The Kier molecular flexibility index (Phi) is 4.54. The summed E-state index contributed by atoms with van der Waals surface area (Å²) < 4.78 is 5.05. The molecule has 3 nitrogen and oxygen atoms in total. The van der Waals surface area contributed by atoms with Crippen LogP contribution < -0.4 is 0 Å². The van der Waals surface area contributed by atoms with Crippen LogP contribution in [0.3, 0.4) is 0 Å². The Bertz CT molecular complexity index is 327. The molecule has 1 saturated carbocycles. The van der Waals surface area contributed by atoms with Crippen molar-refractivity contribution in [1.82, 2.24) is 0 Å². The number of Topliss-reactive ketones (excluding diaryl/α,β-unsaturated/α-hetero) is 1. The molecule has 1 atom stereocenters. The Hall–Kier alpha value is -1.30. The zero-order valence-corrected chi connectivity index (χ0v) is 10.1. The lowest BCUT2D eigenvalue weighted by Gasteiger charge is -2.33. The first kappa shape index (κ1) is 12.8. The summed E-state index contributed by atoms with van der Waals surface area (Å²) in [6, 6.07) is 2.41. The highest BCUT2D eigenvalue weighted by Crippen LogP contribution is 2.43. The molecule has 0 heterocycles. The Balaban J connectivity index is 2.85. The van der Waals surface area contributed by atoms with Gasteiger partial charge in [0.2, 0.25) is 0 Å². The van der Waals surface area contributed by atoms with Crippen molar-refractivity contribution in [3.05, 3.63) is 11.8 Å². The summed E-state index contributed by atoms with van der Waals surface area (Å²) in [6.07, 6.45) is 6.75. The molecule has 1 fully saturated rings. The molecule has 1 rings (SSSR count). The molecule has 0 N–H and O–H groups in total. The monoisotopic (exact) mass is 221 g/mol. The van der Waals surface area contributed by atoms with Gasteiger partial charge in [0.05, 0.1) is 24.9 Å². The van der Waals surface area contributed by atoms with E-state index in [0.717, 1.165) is 31.3 Å². The highest BCUT2D eigenvalue weighted by atomic mass is 16.5. The van der Waals surface area contributed by atoms with Gasteiger partial charge < -0.3 is 9.53 Å². The maximum Gasteiger partial charge on any atom is 0.129 e. The fourth-order valence-electron chi connectivity index (χ4n) is 2.31. The van der Waals surface area contributed by atoms with E-state index in [1.165, 1.54) is 0 Å². The molecule has 0 saturated heterocycles. The minimum absolute atomic E-state index is 0.150. The lowest BCUT2D eigenvalue weighted by molar-refractivity contribution is -0.117. The molecule has 0 amide bonds. The summed E-state index contributed by atoms with van der Waals surface area (Å²) in [5, 5.41) is 9.39. The number of hydrogen-bond donors (Lipinski definition) is 0. The van der Waals surface area contributed by atoms with Gasteiger partial charge in [-0.05, 0) is 38.2 Å². The normalized spacial score (nSPS) is 27.4. The molecule has 1 aliphatic carbocycles. The molecule has 3 heteroatoms. The molecule has 0 spiro atoms. The molecule has 16 heavy (non-hydrogen) atoms. The maximum atomic E-state index is 11.0. The van der Waals surface area contributed by atoms with Gasteiger partial charge in [-0.1, -0.05) is 6.42 Å². The number of carbonyl (C=O) groups excluding carboxylic acids is 1. The molecule has 0 radical (unpaired) electrons. The smallest absolute Gasteiger partial charge is 0.129 e. The van der Waals surface area contributed by atoms with Crippen LogP contribution in [0.15, 0.2) is 11.8 Å².